The van der Waals surface area contributed by atoms with Crippen LogP contribution in [0.1, 0.15) is 64.5 Å². The number of fused-ring (bicyclic) bond motifs is 1. The number of para-hydroxylation sites is 3. The number of carboxylic acids is 1. The van der Waals surface area contributed by atoms with E-state index < -0.39 is 55.0 Å². The highest BCUT2D eigenvalue weighted by molar-refractivity contribution is 7.94. The summed E-state index contributed by atoms with van der Waals surface area (Å²) in [4.78, 5) is 79.7. The van der Waals surface area contributed by atoms with Gasteiger partial charge in [-0.3, -0.25) is 34.2 Å². The van der Waals surface area contributed by atoms with Crippen LogP contribution in [0.15, 0.2) is 65.7 Å². The predicted octanol–water partition coefficient (Wildman–Crippen LogP) is 7.87. The lowest BCUT2D eigenvalue weighted by Gasteiger charge is -2.35. The maximum atomic E-state index is 14.4. The topological polar surface area (TPSA) is 215 Å². The van der Waals surface area contributed by atoms with Gasteiger partial charge in [-0.25, -0.2) is 9.29 Å². The van der Waals surface area contributed by atoms with Crippen molar-refractivity contribution in [3.05, 3.63) is 87.7 Å². The van der Waals surface area contributed by atoms with Gasteiger partial charge in [0, 0.05) is 24.3 Å². The maximum Gasteiger partial charge on any atom is 0.317 e. The van der Waals surface area contributed by atoms with Crippen molar-refractivity contribution in [3.63, 3.8) is 0 Å². The summed E-state index contributed by atoms with van der Waals surface area (Å²) >= 11 is 22.9. The predicted molar refractivity (Wildman–Crippen MR) is 283 cm³/mol. The molecule has 0 radical (unpaired) electrons. The third kappa shape index (κ3) is 19.5. The van der Waals surface area contributed by atoms with Crippen LogP contribution < -0.4 is 34.4 Å². The van der Waals surface area contributed by atoms with E-state index in [-0.39, 0.29) is 46.9 Å². The van der Waals surface area contributed by atoms with Gasteiger partial charge in [0.15, 0.2) is 10.9 Å². The minimum absolute atomic E-state index is 0.0233. The van der Waals surface area contributed by atoms with Crippen LogP contribution in [0.25, 0.3) is 0 Å². The smallest absolute Gasteiger partial charge is 0.317 e. The Balaban J connectivity index is 0.000000333. The van der Waals surface area contributed by atoms with E-state index in [4.69, 9.17) is 77.0 Å². The van der Waals surface area contributed by atoms with E-state index in [9.17, 15) is 37.8 Å². The molecule has 396 valence electrons. The molecule has 0 saturated carbocycles. The molecule has 0 bridgehead atoms. The lowest BCUT2D eigenvalue weighted by molar-refractivity contribution is -0.193. The van der Waals surface area contributed by atoms with Crippen LogP contribution in [-0.2, 0) is 57.0 Å². The lowest BCUT2D eigenvalue weighted by Crippen LogP contribution is -2.47. The number of methoxy groups -OCH3 is 1. The Bertz CT molecular complexity index is 2420. The number of hydrogen-bond donors (Lipinski definition) is 3. The summed E-state index contributed by atoms with van der Waals surface area (Å²) in [5.41, 5.74) is 4.77. The van der Waals surface area contributed by atoms with E-state index in [2.05, 4.69) is 38.5 Å². The highest BCUT2D eigenvalue weighted by Gasteiger charge is 2.41. The zero-order valence-electron chi connectivity index (χ0n) is 41.3. The Morgan fingerprint density at radius 1 is 1.03 bits per heavy atom. The van der Waals surface area contributed by atoms with Crippen molar-refractivity contribution >= 4 is 112 Å². The van der Waals surface area contributed by atoms with Gasteiger partial charge < -0.3 is 38.6 Å². The molecule has 2 aliphatic heterocycles. The number of hydrogen-bond acceptors (Lipinski definition) is 11. The minimum atomic E-state index is -4.35. The van der Waals surface area contributed by atoms with E-state index in [1.54, 1.807) is 23.8 Å². The van der Waals surface area contributed by atoms with E-state index >= 15 is 0 Å². The number of alkyl halides is 3. The molecule has 3 N–H and O–H groups in total. The monoisotopic (exact) mass is 1120 g/mol. The second-order valence-corrected chi connectivity index (χ2v) is 22.1. The number of amides is 4. The van der Waals surface area contributed by atoms with Gasteiger partial charge in [0.25, 0.3) is 17.7 Å². The van der Waals surface area contributed by atoms with Crippen LogP contribution in [0.4, 0.5) is 21.5 Å². The molecule has 0 saturated heterocycles. The molecule has 16 nitrogen and oxygen atoms in total. The van der Waals surface area contributed by atoms with Crippen LogP contribution >= 0.6 is 54.0 Å². The van der Waals surface area contributed by atoms with Crippen LogP contribution in [0.3, 0.4) is 0 Å². The molecule has 3 aromatic rings. The number of carbonyl (C=O) groups excluding carboxylic acids is 4. The molecule has 3 atom stereocenters. The molecule has 4 amide bonds. The highest BCUT2D eigenvalue weighted by atomic mass is 35.5. The molecule has 6 rings (SSSR count). The van der Waals surface area contributed by atoms with Crippen molar-refractivity contribution in [3.8, 4) is 23.8 Å². The Hall–Kier alpha value is -4.38. The largest absolute Gasteiger partial charge is 0.778 e. The van der Waals surface area contributed by atoms with Gasteiger partial charge in [-0.1, -0.05) is 84.9 Å². The van der Waals surface area contributed by atoms with Crippen molar-refractivity contribution in [1.29, 1.82) is 0 Å². The molecule has 0 aromatic heterocycles. The quantitative estimate of drug-likeness (QED) is 0.0350. The van der Waals surface area contributed by atoms with Gasteiger partial charge in [0.2, 0.25) is 5.91 Å². The summed E-state index contributed by atoms with van der Waals surface area (Å²) in [5, 5.41) is 10.00. The third-order valence-electron chi connectivity index (χ3n) is 10.1. The van der Waals surface area contributed by atoms with Gasteiger partial charge >= 0.3 is 5.97 Å². The van der Waals surface area contributed by atoms with Crippen molar-refractivity contribution in [1.82, 2.24) is 5.32 Å². The van der Waals surface area contributed by atoms with Gasteiger partial charge in [-0.15, -0.1) is 18.0 Å². The zero-order chi connectivity index (χ0) is 54.5. The van der Waals surface area contributed by atoms with Crippen molar-refractivity contribution in [2.45, 2.75) is 83.2 Å². The number of nitrogens with one attached hydrogen (secondary N) is 1. The number of benzene rings is 3. The minimum Gasteiger partial charge on any atom is -0.778 e. The molecule has 3 aromatic carbocycles. The average Bonchev–Trinajstić information content (AvgIpc) is 3.58. The van der Waals surface area contributed by atoms with Crippen LogP contribution in [-0.4, -0.2) is 115 Å². The van der Waals surface area contributed by atoms with Crippen molar-refractivity contribution in [2.24, 2.45) is 0 Å². The number of aryl methyl sites for hydroxylation is 2. The molecule has 23 heteroatoms. The zero-order valence-corrected chi connectivity index (χ0v) is 46.1. The van der Waals surface area contributed by atoms with Crippen LogP contribution in [0.2, 0.25) is 5.02 Å². The first-order chi connectivity index (χ1) is 33.9. The number of carboxylic acid groups (broad SMARTS) is 1. The Labute approximate surface area is 443 Å². The van der Waals surface area contributed by atoms with Gasteiger partial charge in [0.05, 0.1) is 59.7 Å². The highest BCUT2D eigenvalue weighted by Crippen LogP contribution is 2.40. The number of nitrogens with zero attached hydrogens (tertiary/aromatic N) is 3. The number of ether oxygens (including phenoxy) is 3. The molecule has 0 fully saturated rings. The molecule has 3 aliphatic rings. The van der Waals surface area contributed by atoms with E-state index in [0.717, 1.165) is 59.2 Å². The fourth-order valence-corrected chi connectivity index (χ4v) is 7.98. The first-order valence-electron chi connectivity index (χ1n) is 22.3. The first kappa shape index (κ1) is 63.7. The summed E-state index contributed by atoms with van der Waals surface area (Å²) in [6.07, 6.45) is 15.1. The summed E-state index contributed by atoms with van der Waals surface area (Å²) in [6, 6.07) is 15.6. The summed E-state index contributed by atoms with van der Waals surface area (Å²) in [5.74, 6) is -0.163. The normalized spacial score (nSPS) is 15.8. The number of rotatable bonds is 14. The van der Waals surface area contributed by atoms with Gasteiger partial charge in [-0.2, -0.15) is 0 Å². The van der Waals surface area contributed by atoms with Gasteiger partial charge in [0.1, 0.15) is 44.1 Å². The number of carbonyl (C=O) groups is 5. The second kappa shape index (κ2) is 31.4. The summed E-state index contributed by atoms with van der Waals surface area (Å²) in [7, 11) is -2.13. The van der Waals surface area contributed by atoms with Crippen LogP contribution in [0.5, 0.6) is 11.5 Å². The molecular weight excluding hydrogens is 1060 g/mol. The Morgan fingerprint density at radius 3 is 2.06 bits per heavy atom. The fourth-order valence-electron chi connectivity index (χ4n) is 7.03. The molecular formula is C49H62Cl4FN4O12PS. The van der Waals surface area contributed by atoms with E-state index in [0.29, 0.717) is 47.2 Å². The SMILES string of the molecule is C#CC(C)Oc1cc(N2C(=O)C3=C(CCCC3)C2=O)c(F)cc1Cl.CC1COc2ccccc2N1C(=O)C(Cl)Cl.CCc1cccc(CC)c1N(COC)C(=O)CCl.C[S+](C)C.O=C(O)CNCP(=O)([O-])O. The van der Waals surface area contributed by atoms with E-state index in [1.807, 2.05) is 54.7 Å². The molecule has 0 spiro atoms. The second-order valence-electron chi connectivity index (χ2n) is 16.3. The summed E-state index contributed by atoms with van der Waals surface area (Å²) in [6.45, 7) is 7.88. The lowest BCUT2D eigenvalue weighted by atomic mass is 9.93. The molecule has 1 aliphatic carbocycles. The maximum absolute atomic E-state index is 14.4. The third-order valence-corrected chi connectivity index (χ3v) is 11.7. The molecule has 2 heterocycles. The first-order valence-corrected chi connectivity index (χ1v) is 28.3. The molecule has 3 unspecified atom stereocenters. The van der Waals surface area contributed by atoms with Crippen molar-refractivity contribution < 1.29 is 62.0 Å². The number of halogens is 5. The summed E-state index contributed by atoms with van der Waals surface area (Å²) < 4.78 is 40.4. The Kier molecular flexibility index (Phi) is 27.8. The molecule has 72 heavy (non-hydrogen) atoms. The van der Waals surface area contributed by atoms with Crippen LogP contribution in [0, 0.1) is 18.2 Å². The fraction of sp³-hybridized carbons (Fsp3) is 0.449. The van der Waals surface area contributed by atoms with Crippen molar-refractivity contribution in [2.75, 3.05) is 72.6 Å². The number of imide groups is 1. The number of aliphatic carboxylic acids is 1. The van der Waals surface area contributed by atoms with Gasteiger partial charge in [-0.05, 0) is 92.6 Å². The Morgan fingerprint density at radius 2 is 1.58 bits per heavy atom. The number of terminal acetylenes is 1. The number of anilines is 3. The van der Waals surface area contributed by atoms with E-state index in [1.165, 1.54) is 6.07 Å². The average molecular weight is 1120 g/mol. The standard InChI is InChI=1S/C18H15ClFNO3.C14H20ClNO2.C11H11Cl2NO2.C3H8NO5P.C3H9S/c1-3-10(2)24-16-9-15(14(20)8-13(16)19)21-17(22)11-6-4-5-7-12(11)18(21)23;1-4-11-7-6-8-12(5-2)14(11)16(10-18-3)13(17)9-15;1-7-6-16-9-5-3-2-4-8(9)14(7)11(15)10(12)13;5-3(6)1-4-2-10(7,8)9;1-4(2)3/h1,8-10H,4-7H2,2H3;6-8H,4-5,9-10H2,1-3H3;2-5,7,10H,6H2,1H3;4H,1-2H2,(H,5,6)(H2,7,8,9);1-3H3/q;;;;+1/p-1.